The summed E-state index contributed by atoms with van der Waals surface area (Å²) in [6, 6.07) is 4.34. The Morgan fingerprint density at radius 1 is 1.52 bits per heavy atom. The van der Waals surface area contributed by atoms with Crippen LogP contribution in [-0.4, -0.2) is 39.4 Å². The van der Waals surface area contributed by atoms with Gasteiger partial charge in [0.15, 0.2) is 0 Å². The Hall–Kier alpha value is -0.950. The van der Waals surface area contributed by atoms with Crippen LogP contribution in [0.15, 0.2) is 24.5 Å². The van der Waals surface area contributed by atoms with E-state index < -0.39 is 0 Å². The number of rotatable bonds is 4. The van der Waals surface area contributed by atoms with Crippen molar-refractivity contribution in [2.75, 3.05) is 18.1 Å². The van der Waals surface area contributed by atoms with Gasteiger partial charge >= 0.3 is 0 Å². The lowest BCUT2D eigenvalue weighted by atomic mass is 10.2. The predicted octanol–water partition coefficient (Wildman–Crippen LogP) is 2.20. The quantitative estimate of drug-likeness (QED) is 0.858. The Balaban J connectivity index is 0.00000132. The van der Waals surface area contributed by atoms with Crippen LogP contribution >= 0.6 is 36.6 Å². The predicted molar refractivity (Wildman–Crippen MR) is 100 cm³/mol. The van der Waals surface area contributed by atoms with Crippen LogP contribution in [0.2, 0.25) is 0 Å². The van der Waals surface area contributed by atoms with Crippen molar-refractivity contribution in [2.45, 2.75) is 25.9 Å². The van der Waals surface area contributed by atoms with Gasteiger partial charge in [0.2, 0.25) is 5.91 Å². The van der Waals surface area contributed by atoms with Gasteiger partial charge in [0.1, 0.15) is 5.65 Å². The Morgan fingerprint density at radius 2 is 2.35 bits per heavy atom. The molecule has 0 spiro atoms. The molecule has 1 fully saturated rings. The minimum absolute atomic E-state index is 0. The molecule has 1 aliphatic heterocycles. The average Bonchev–Trinajstić information content (AvgIpc) is 2.91. The lowest BCUT2D eigenvalue weighted by Crippen LogP contribution is -2.41. The first kappa shape index (κ1) is 20.1. The highest BCUT2D eigenvalue weighted by atomic mass is 35.5. The molecule has 1 unspecified atom stereocenters. The SMILES string of the molecule is Cc1cccn2cc(CNC(=O)CC3CSCCN3)nc12.Cl.Cl. The summed E-state index contributed by atoms with van der Waals surface area (Å²) in [6.45, 7) is 3.52. The van der Waals surface area contributed by atoms with Crippen molar-refractivity contribution in [1.29, 1.82) is 0 Å². The topological polar surface area (TPSA) is 58.4 Å². The first-order chi connectivity index (χ1) is 10.2. The second-order valence-corrected chi connectivity index (χ2v) is 6.51. The molecule has 3 rings (SSSR count). The van der Waals surface area contributed by atoms with Gasteiger partial charge in [-0.25, -0.2) is 4.98 Å². The molecule has 23 heavy (non-hydrogen) atoms. The van der Waals surface area contributed by atoms with E-state index >= 15 is 0 Å². The maximum Gasteiger partial charge on any atom is 0.221 e. The molecule has 0 saturated carbocycles. The Labute approximate surface area is 152 Å². The van der Waals surface area contributed by atoms with Crippen LogP contribution in [0, 0.1) is 6.92 Å². The molecule has 128 valence electrons. The van der Waals surface area contributed by atoms with Crippen LogP contribution in [0.25, 0.3) is 5.65 Å². The van der Waals surface area contributed by atoms with Gasteiger partial charge in [-0.2, -0.15) is 11.8 Å². The normalized spacial score (nSPS) is 17.2. The summed E-state index contributed by atoms with van der Waals surface area (Å²) in [6.07, 6.45) is 4.49. The molecule has 2 N–H and O–H groups in total. The van der Waals surface area contributed by atoms with Crippen molar-refractivity contribution in [3.63, 3.8) is 0 Å². The van der Waals surface area contributed by atoms with Gasteiger partial charge in [-0.3, -0.25) is 4.79 Å². The highest BCUT2D eigenvalue weighted by Crippen LogP contribution is 2.11. The molecular formula is C15H22Cl2N4OS. The number of thioether (sulfide) groups is 1. The van der Waals surface area contributed by atoms with Gasteiger partial charge < -0.3 is 15.0 Å². The van der Waals surface area contributed by atoms with Gasteiger partial charge in [-0.05, 0) is 18.6 Å². The van der Waals surface area contributed by atoms with E-state index in [0.29, 0.717) is 19.0 Å². The smallest absolute Gasteiger partial charge is 0.221 e. The third-order valence-electron chi connectivity index (χ3n) is 3.62. The van der Waals surface area contributed by atoms with Crippen LogP contribution < -0.4 is 10.6 Å². The van der Waals surface area contributed by atoms with E-state index in [9.17, 15) is 4.79 Å². The summed E-state index contributed by atoms with van der Waals surface area (Å²) >= 11 is 1.91. The fourth-order valence-corrected chi connectivity index (χ4v) is 3.47. The molecule has 1 atom stereocenters. The van der Waals surface area contributed by atoms with Gasteiger partial charge in [0.25, 0.3) is 0 Å². The number of aromatic nitrogens is 2. The fraction of sp³-hybridized carbons (Fsp3) is 0.467. The molecule has 1 amide bonds. The van der Waals surface area contributed by atoms with E-state index in [0.717, 1.165) is 35.0 Å². The maximum atomic E-state index is 12.0. The Kier molecular flexibility index (Phi) is 8.19. The zero-order valence-corrected chi connectivity index (χ0v) is 15.4. The highest BCUT2D eigenvalue weighted by molar-refractivity contribution is 7.99. The van der Waals surface area contributed by atoms with E-state index in [1.807, 2.05) is 47.6 Å². The molecule has 0 bridgehead atoms. The number of carbonyl (C=O) groups is 1. The fourth-order valence-electron chi connectivity index (χ4n) is 2.53. The van der Waals surface area contributed by atoms with Crippen LogP contribution in [0.3, 0.4) is 0 Å². The number of hydrogen-bond acceptors (Lipinski definition) is 4. The number of hydrogen-bond donors (Lipinski definition) is 2. The third-order valence-corrected chi connectivity index (χ3v) is 4.76. The summed E-state index contributed by atoms with van der Waals surface area (Å²) < 4.78 is 2.00. The number of carbonyl (C=O) groups excluding carboxylic acids is 1. The van der Waals surface area contributed by atoms with Gasteiger partial charge in [-0.15, -0.1) is 24.8 Å². The lowest BCUT2D eigenvalue weighted by Gasteiger charge is -2.22. The summed E-state index contributed by atoms with van der Waals surface area (Å²) in [7, 11) is 0. The van der Waals surface area contributed by atoms with Crippen LogP contribution in [0.5, 0.6) is 0 Å². The number of aryl methyl sites for hydroxylation is 1. The first-order valence-corrected chi connectivity index (χ1v) is 8.39. The van der Waals surface area contributed by atoms with E-state index in [4.69, 9.17) is 0 Å². The van der Waals surface area contributed by atoms with Crippen LogP contribution in [0.4, 0.5) is 0 Å². The lowest BCUT2D eigenvalue weighted by molar-refractivity contribution is -0.121. The molecule has 5 nitrogen and oxygen atoms in total. The summed E-state index contributed by atoms with van der Waals surface area (Å²) in [5.41, 5.74) is 2.98. The van der Waals surface area contributed by atoms with Crippen LogP contribution in [0.1, 0.15) is 17.7 Å². The van der Waals surface area contributed by atoms with Crippen molar-refractivity contribution in [1.82, 2.24) is 20.0 Å². The molecule has 1 aliphatic rings. The molecule has 0 aliphatic carbocycles. The van der Waals surface area contributed by atoms with Crippen molar-refractivity contribution in [3.8, 4) is 0 Å². The maximum absolute atomic E-state index is 12.0. The number of amides is 1. The van der Waals surface area contributed by atoms with Gasteiger partial charge in [0, 0.05) is 42.9 Å². The molecular weight excluding hydrogens is 355 g/mol. The molecule has 1 saturated heterocycles. The molecule has 8 heteroatoms. The van der Waals surface area contributed by atoms with E-state index in [-0.39, 0.29) is 30.7 Å². The number of pyridine rings is 1. The van der Waals surface area contributed by atoms with Gasteiger partial charge in [0.05, 0.1) is 12.2 Å². The average molecular weight is 377 g/mol. The number of nitrogens with zero attached hydrogens (tertiary/aromatic N) is 2. The zero-order valence-electron chi connectivity index (χ0n) is 12.9. The highest BCUT2D eigenvalue weighted by Gasteiger charge is 2.16. The van der Waals surface area contributed by atoms with Crippen molar-refractivity contribution < 1.29 is 4.79 Å². The molecule has 0 aromatic carbocycles. The number of fused-ring (bicyclic) bond motifs is 1. The second kappa shape index (κ2) is 9.37. The molecule has 2 aromatic rings. The minimum atomic E-state index is 0. The van der Waals surface area contributed by atoms with E-state index in [1.54, 1.807) is 0 Å². The van der Waals surface area contributed by atoms with Crippen molar-refractivity contribution in [3.05, 3.63) is 35.8 Å². The molecule has 0 radical (unpaired) electrons. The Morgan fingerprint density at radius 3 is 3.04 bits per heavy atom. The van der Waals surface area contributed by atoms with E-state index in [1.165, 1.54) is 0 Å². The summed E-state index contributed by atoms with van der Waals surface area (Å²) in [5.74, 6) is 2.24. The Bertz CT molecular complexity index is 643. The zero-order chi connectivity index (χ0) is 14.7. The summed E-state index contributed by atoms with van der Waals surface area (Å²) in [4.78, 5) is 16.5. The molecule has 3 heterocycles. The molecule has 2 aromatic heterocycles. The summed E-state index contributed by atoms with van der Waals surface area (Å²) in [5, 5.41) is 6.34. The number of imidazole rings is 1. The van der Waals surface area contributed by atoms with Crippen molar-refractivity contribution in [2.24, 2.45) is 0 Å². The monoisotopic (exact) mass is 376 g/mol. The standard InChI is InChI=1S/C15H20N4OS.2ClH/c1-11-3-2-5-19-9-13(18-15(11)19)8-17-14(20)7-12-10-21-6-4-16-12;;/h2-3,5,9,12,16H,4,6-8,10H2,1H3,(H,17,20);2*1H. The first-order valence-electron chi connectivity index (χ1n) is 7.23. The minimum Gasteiger partial charge on any atom is -0.350 e. The van der Waals surface area contributed by atoms with Gasteiger partial charge in [-0.1, -0.05) is 6.07 Å². The van der Waals surface area contributed by atoms with Crippen molar-refractivity contribution >= 4 is 48.1 Å². The largest absolute Gasteiger partial charge is 0.350 e. The second-order valence-electron chi connectivity index (χ2n) is 5.36. The third kappa shape index (κ3) is 5.28. The number of nitrogens with one attached hydrogen (secondary N) is 2. The van der Waals surface area contributed by atoms with E-state index in [2.05, 4.69) is 15.6 Å². The number of halogens is 2. The van der Waals surface area contributed by atoms with Crippen LogP contribution in [-0.2, 0) is 11.3 Å².